The zero-order valence-electron chi connectivity index (χ0n) is 20.1. The molecule has 0 aliphatic heterocycles. The molecule has 0 radical (unpaired) electrons. The van der Waals surface area contributed by atoms with Crippen LogP contribution >= 0.6 is 0 Å². The molecule has 0 saturated carbocycles. The molecule has 0 aliphatic rings. The molecule has 5 aromatic rings. The molecule has 2 heterocycles. The number of hydrogen-bond acceptors (Lipinski definition) is 5. The molecule has 0 saturated heterocycles. The third-order valence-corrected chi connectivity index (χ3v) is 5.96. The second kappa shape index (κ2) is 10.7. The number of carboxylic acid groups (broad SMARTS) is 1. The number of aromatic nitrogens is 4. The first kappa shape index (κ1) is 23.7. The zero-order valence-corrected chi connectivity index (χ0v) is 20.1. The van der Waals surface area contributed by atoms with E-state index in [-0.39, 0.29) is 0 Å². The molecule has 0 spiro atoms. The lowest BCUT2D eigenvalue weighted by Gasteiger charge is -2.17. The third-order valence-electron chi connectivity index (χ3n) is 5.96. The van der Waals surface area contributed by atoms with E-state index in [0.717, 1.165) is 56.8 Å². The summed E-state index contributed by atoms with van der Waals surface area (Å²) in [7, 11) is 0. The van der Waals surface area contributed by atoms with Gasteiger partial charge in [-0.2, -0.15) is 5.10 Å². The molecule has 0 unspecified atom stereocenters. The number of H-pyrrole nitrogens is 1. The molecular formula is C30H24N4O3. The number of allylic oxidation sites excluding steroid dienone is 1. The standard InChI is InChI=1S/C30H24N4O3/c1-2-26(22-4-3-5-25(17-22)37-28-14-15-31-19-32-28)30(23-11-12-27-24(16-23)18-33-34-27)21-9-6-20(7-10-21)8-13-29(35)36/h3-19H,2H2,1H3,(H,33,34)(H,35,36). The average Bonchev–Trinajstić information content (AvgIpc) is 3.40. The van der Waals surface area contributed by atoms with Crippen LogP contribution in [0, 0.1) is 0 Å². The first-order valence-corrected chi connectivity index (χ1v) is 11.8. The molecule has 2 N–H and O–H groups in total. The highest BCUT2D eigenvalue weighted by Crippen LogP contribution is 2.37. The summed E-state index contributed by atoms with van der Waals surface area (Å²) < 4.78 is 5.97. The fraction of sp³-hybridized carbons (Fsp3) is 0.0667. The number of carbonyl (C=O) groups is 1. The van der Waals surface area contributed by atoms with Gasteiger partial charge in [0.15, 0.2) is 0 Å². The lowest BCUT2D eigenvalue weighted by molar-refractivity contribution is -0.131. The summed E-state index contributed by atoms with van der Waals surface area (Å²) in [5.74, 6) is 0.182. The number of carboxylic acids is 1. The molecule has 37 heavy (non-hydrogen) atoms. The van der Waals surface area contributed by atoms with Crippen molar-refractivity contribution >= 4 is 34.1 Å². The highest BCUT2D eigenvalue weighted by Gasteiger charge is 2.15. The van der Waals surface area contributed by atoms with Crippen molar-refractivity contribution in [3.05, 3.63) is 120 Å². The first-order valence-electron chi connectivity index (χ1n) is 11.8. The van der Waals surface area contributed by atoms with E-state index in [9.17, 15) is 4.79 Å². The van der Waals surface area contributed by atoms with E-state index in [1.807, 2.05) is 54.7 Å². The van der Waals surface area contributed by atoms with Gasteiger partial charge in [0, 0.05) is 23.7 Å². The lowest BCUT2D eigenvalue weighted by atomic mass is 9.87. The number of nitrogens with zero attached hydrogens (tertiary/aromatic N) is 3. The van der Waals surface area contributed by atoms with Gasteiger partial charge < -0.3 is 9.84 Å². The number of aliphatic carboxylic acids is 1. The number of benzene rings is 3. The maximum absolute atomic E-state index is 10.9. The van der Waals surface area contributed by atoms with Crippen molar-refractivity contribution < 1.29 is 14.6 Å². The molecule has 3 aromatic carbocycles. The molecule has 0 fully saturated rings. The summed E-state index contributed by atoms with van der Waals surface area (Å²) in [6.07, 6.45) is 8.41. The fourth-order valence-electron chi connectivity index (χ4n) is 4.27. The monoisotopic (exact) mass is 488 g/mol. The number of nitrogens with one attached hydrogen (secondary N) is 1. The number of ether oxygens (including phenoxy) is 1. The first-order chi connectivity index (χ1) is 18.1. The molecule has 0 aliphatic carbocycles. The highest BCUT2D eigenvalue weighted by atomic mass is 16.5. The van der Waals surface area contributed by atoms with Crippen LogP contribution in [0.5, 0.6) is 11.6 Å². The number of aromatic amines is 1. The third kappa shape index (κ3) is 5.46. The van der Waals surface area contributed by atoms with Crippen molar-refractivity contribution in [3.8, 4) is 11.6 Å². The van der Waals surface area contributed by atoms with Gasteiger partial charge in [0.25, 0.3) is 0 Å². The molecule has 0 bridgehead atoms. The Balaban J connectivity index is 1.63. The van der Waals surface area contributed by atoms with Gasteiger partial charge in [0.1, 0.15) is 12.1 Å². The van der Waals surface area contributed by atoms with Crippen LogP contribution in [0.4, 0.5) is 0 Å². The summed E-state index contributed by atoms with van der Waals surface area (Å²) >= 11 is 0. The van der Waals surface area contributed by atoms with E-state index in [0.29, 0.717) is 11.6 Å². The van der Waals surface area contributed by atoms with E-state index in [1.165, 1.54) is 6.33 Å². The molecule has 182 valence electrons. The Labute approximate surface area is 213 Å². The molecule has 7 heteroatoms. The van der Waals surface area contributed by atoms with Gasteiger partial charge >= 0.3 is 5.97 Å². The Morgan fingerprint density at radius 2 is 1.84 bits per heavy atom. The topological polar surface area (TPSA) is 101 Å². The predicted molar refractivity (Wildman–Crippen MR) is 144 cm³/mol. The van der Waals surface area contributed by atoms with Crippen molar-refractivity contribution in [3.63, 3.8) is 0 Å². The normalized spacial score (nSPS) is 12.0. The SMILES string of the molecule is CCC(=C(c1ccc(C=CC(=O)O)cc1)c1ccc2[nH]ncc2c1)c1cccc(Oc2ccncn2)c1. The lowest BCUT2D eigenvalue weighted by Crippen LogP contribution is -1.96. The molecule has 2 aromatic heterocycles. The second-order valence-corrected chi connectivity index (χ2v) is 8.35. The van der Waals surface area contributed by atoms with Crippen molar-refractivity contribution in [2.45, 2.75) is 13.3 Å². The van der Waals surface area contributed by atoms with Crippen molar-refractivity contribution in [2.24, 2.45) is 0 Å². The summed E-state index contributed by atoms with van der Waals surface area (Å²) in [6.45, 7) is 2.13. The van der Waals surface area contributed by atoms with Gasteiger partial charge in [-0.25, -0.2) is 14.8 Å². The van der Waals surface area contributed by atoms with Gasteiger partial charge in [-0.05, 0) is 70.2 Å². The molecule has 7 nitrogen and oxygen atoms in total. The summed E-state index contributed by atoms with van der Waals surface area (Å²) in [5, 5.41) is 17.2. The molecular weight excluding hydrogens is 464 g/mol. The number of rotatable bonds is 8. The summed E-state index contributed by atoms with van der Waals surface area (Å²) in [5.41, 5.74) is 7.12. The Morgan fingerprint density at radius 1 is 1.00 bits per heavy atom. The minimum Gasteiger partial charge on any atom is -0.478 e. The number of hydrogen-bond donors (Lipinski definition) is 2. The zero-order chi connectivity index (χ0) is 25.6. The molecule has 5 rings (SSSR count). The maximum atomic E-state index is 10.9. The van der Waals surface area contributed by atoms with Crippen LogP contribution in [0.3, 0.4) is 0 Å². The smallest absolute Gasteiger partial charge is 0.328 e. The summed E-state index contributed by atoms with van der Waals surface area (Å²) in [6, 6.07) is 23.8. The van der Waals surface area contributed by atoms with E-state index >= 15 is 0 Å². The largest absolute Gasteiger partial charge is 0.478 e. The fourth-order valence-corrected chi connectivity index (χ4v) is 4.27. The maximum Gasteiger partial charge on any atom is 0.328 e. The van der Waals surface area contributed by atoms with Gasteiger partial charge in [-0.3, -0.25) is 5.10 Å². The van der Waals surface area contributed by atoms with E-state index < -0.39 is 5.97 Å². The molecule has 0 atom stereocenters. The predicted octanol–water partition coefficient (Wildman–Crippen LogP) is 6.61. The van der Waals surface area contributed by atoms with Crippen LogP contribution in [0.2, 0.25) is 0 Å². The minimum absolute atomic E-state index is 0.477. The van der Waals surface area contributed by atoms with Crippen LogP contribution in [0.15, 0.2) is 97.6 Å². The quantitative estimate of drug-likeness (QED) is 0.188. The highest BCUT2D eigenvalue weighted by molar-refractivity contribution is 6.00. The second-order valence-electron chi connectivity index (χ2n) is 8.35. The van der Waals surface area contributed by atoms with E-state index in [2.05, 4.69) is 45.3 Å². The number of fused-ring (bicyclic) bond motifs is 1. The van der Waals surface area contributed by atoms with Crippen molar-refractivity contribution in [1.82, 2.24) is 20.2 Å². The van der Waals surface area contributed by atoms with E-state index in [4.69, 9.17) is 9.84 Å². The van der Waals surface area contributed by atoms with Gasteiger partial charge in [0.2, 0.25) is 5.88 Å². The Morgan fingerprint density at radius 3 is 2.59 bits per heavy atom. The van der Waals surface area contributed by atoms with Gasteiger partial charge in [-0.15, -0.1) is 0 Å². The molecule has 0 amide bonds. The van der Waals surface area contributed by atoms with Crippen molar-refractivity contribution in [1.29, 1.82) is 0 Å². The van der Waals surface area contributed by atoms with Crippen LogP contribution < -0.4 is 4.74 Å². The van der Waals surface area contributed by atoms with Crippen molar-refractivity contribution in [2.75, 3.05) is 0 Å². The summed E-state index contributed by atoms with van der Waals surface area (Å²) in [4.78, 5) is 19.0. The Hall–Kier alpha value is -5.04. The van der Waals surface area contributed by atoms with Gasteiger partial charge in [-0.1, -0.05) is 49.4 Å². The Bertz CT molecular complexity index is 1600. The van der Waals surface area contributed by atoms with Crippen LogP contribution in [0.1, 0.15) is 35.6 Å². The van der Waals surface area contributed by atoms with Crippen LogP contribution in [-0.2, 0) is 4.79 Å². The van der Waals surface area contributed by atoms with Crippen LogP contribution in [-0.4, -0.2) is 31.2 Å². The Kier molecular flexibility index (Phi) is 6.85. The van der Waals surface area contributed by atoms with Crippen LogP contribution in [0.25, 0.3) is 28.1 Å². The average molecular weight is 489 g/mol. The minimum atomic E-state index is -0.976. The van der Waals surface area contributed by atoms with Gasteiger partial charge in [0.05, 0.1) is 11.7 Å². The van der Waals surface area contributed by atoms with E-state index in [1.54, 1.807) is 18.3 Å².